The van der Waals surface area contributed by atoms with Crippen LogP contribution in [0.15, 0.2) is 42.5 Å². The number of hydrogen-bond acceptors (Lipinski definition) is 2. The maximum absolute atomic E-state index is 10.9. The van der Waals surface area contributed by atoms with Crippen LogP contribution in [0.25, 0.3) is 11.1 Å². The van der Waals surface area contributed by atoms with E-state index in [1.165, 1.54) is 12.1 Å². The molecular formula is C13H9ClO3. The smallest absolute Gasteiger partial charge is 0.339 e. The van der Waals surface area contributed by atoms with E-state index in [0.717, 1.165) is 5.56 Å². The van der Waals surface area contributed by atoms with Crippen LogP contribution in [-0.4, -0.2) is 16.2 Å². The summed E-state index contributed by atoms with van der Waals surface area (Å²) in [6.45, 7) is 0. The number of aromatic hydroxyl groups is 1. The van der Waals surface area contributed by atoms with E-state index in [0.29, 0.717) is 10.6 Å². The third-order valence-corrected chi connectivity index (χ3v) is 2.74. The Morgan fingerprint density at radius 3 is 2.47 bits per heavy atom. The Morgan fingerprint density at radius 2 is 1.82 bits per heavy atom. The van der Waals surface area contributed by atoms with Crippen LogP contribution in [0.1, 0.15) is 10.4 Å². The summed E-state index contributed by atoms with van der Waals surface area (Å²) in [4.78, 5) is 10.9. The highest BCUT2D eigenvalue weighted by atomic mass is 35.5. The van der Waals surface area contributed by atoms with Gasteiger partial charge >= 0.3 is 5.97 Å². The van der Waals surface area contributed by atoms with Crippen molar-refractivity contribution >= 4 is 17.6 Å². The van der Waals surface area contributed by atoms with Crippen molar-refractivity contribution in [2.45, 2.75) is 0 Å². The third-order valence-electron chi connectivity index (χ3n) is 2.41. The second kappa shape index (κ2) is 4.47. The van der Waals surface area contributed by atoms with E-state index >= 15 is 0 Å². The number of phenols is 1. The molecule has 0 aliphatic heterocycles. The van der Waals surface area contributed by atoms with Crippen molar-refractivity contribution in [2.75, 3.05) is 0 Å². The quantitative estimate of drug-likeness (QED) is 0.856. The fraction of sp³-hybridized carbons (Fsp3) is 0. The van der Waals surface area contributed by atoms with Crippen LogP contribution < -0.4 is 0 Å². The molecule has 0 bridgehead atoms. The molecule has 2 aromatic carbocycles. The lowest BCUT2D eigenvalue weighted by molar-refractivity contribution is 0.0694. The summed E-state index contributed by atoms with van der Waals surface area (Å²) in [5.74, 6) is -1.43. The zero-order valence-corrected chi connectivity index (χ0v) is 9.48. The molecule has 0 aromatic heterocycles. The fourth-order valence-corrected chi connectivity index (χ4v) is 1.82. The van der Waals surface area contributed by atoms with Crippen molar-refractivity contribution in [2.24, 2.45) is 0 Å². The normalized spacial score (nSPS) is 10.2. The van der Waals surface area contributed by atoms with Crippen molar-refractivity contribution in [3.05, 3.63) is 53.1 Å². The zero-order chi connectivity index (χ0) is 12.4. The number of hydrogen-bond donors (Lipinski definition) is 2. The van der Waals surface area contributed by atoms with Crippen molar-refractivity contribution < 1.29 is 15.0 Å². The summed E-state index contributed by atoms with van der Waals surface area (Å²) in [6.07, 6.45) is 0. The molecule has 2 rings (SSSR count). The molecule has 4 heteroatoms. The number of carbonyl (C=O) groups is 1. The van der Waals surface area contributed by atoms with Gasteiger partial charge in [0, 0.05) is 10.6 Å². The van der Waals surface area contributed by atoms with Crippen molar-refractivity contribution in [1.82, 2.24) is 0 Å². The molecule has 0 atom stereocenters. The number of carboxylic acid groups (broad SMARTS) is 1. The minimum Gasteiger partial charge on any atom is -0.507 e. The first kappa shape index (κ1) is 11.5. The average Bonchev–Trinajstić information content (AvgIpc) is 2.30. The first-order chi connectivity index (χ1) is 8.09. The highest BCUT2D eigenvalue weighted by Gasteiger charge is 2.11. The van der Waals surface area contributed by atoms with E-state index in [1.807, 2.05) is 6.07 Å². The van der Waals surface area contributed by atoms with E-state index in [1.54, 1.807) is 24.3 Å². The molecule has 0 spiro atoms. The van der Waals surface area contributed by atoms with Gasteiger partial charge in [0.05, 0.1) is 0 Å². The Kier molecular flexibility index (Phi) is 3.02. The number of carboxylic acids is 1. The molecule has 0 aliphatic rings. The van der Waals surface area contributed by atoms with Gasteiger partial charge in [-0.3, -0.25) is 0 Å². The number of rotatable bonds is 2. The second-order valence-electron chi connectivity index (χ2n) is 3.52. The van der Waals surface area contributed by atoms with Crippen LogP contribution >= 0.6 is 11.6 Å². The van der Waals surface area contributed by atoms with E-state index in [4.69, 9.17) is 16.7 Å². The molecule has 2 aromatic rings. The van der Waals surface area contributed by atoms with Gasteiger partial charge in [-0.25, -0.2) is 4.79 Å². The average molecular weight is 249 g/mol. The zero-order valence-electron chi connectivity index (χ0n) is 8.72. The summed E-state index contributed by atoms with van der Waals surface area (Å²) in [5.41, 5.74) is 1.25. The molecule has 0 aliphatic carbocycles. The minimum atomic E-state index is -1.17. The maximum atomic E-state index is 10.9. The molecule has 17 heavy (non-hydrogen) atoms. The predicted molar refractivity (Wildman–Crippen MR) is 65.5 cm³/mol. The standard InChI is InChI=1S/C13H9ClO3/c14-11-4-2-1-3-9(11)8-5-6-12(15)10(7-8)13(16)17/h1-7,15H,(H,16,17). The molecule has 86 valence electrons. The van der Waals surface area contributed by atoms with Gasteiger partial charge in [0.2, 0.25) is 0 Å². The Balaban J connectivity index is 2.58. The van der Waals surface area contributed by atoms with Crippen LogP contribution in [0.4, 0.5) is 0 Å². The van der Waals surface area contributed by atoms with Gasteiger partial charge in [0.15, 0.2) is 0 Å². The third kappa shape index (κ3) is 2.24. The van der Waals surface area contributed by atoms with E-state index in [2.05, 4.69) is 0 Å². The Bertz CT molecular complexity index is 579. The molecule has 0 saturated heterocycles. The molecule has 0 radical (unpaired) electrons. The van der Waals surface area contributed by atoms with Crippen LogP contribution in [0.2, 0.25) is 5.02 Å². The highest BCUT2D eigenvalue weighted by Crippen LogP contribution is 2.30. The van der Waals surface area contributed by atoms with Crippen molar-refractivity contribution in [3.8, 4) is 16.9 Å². The molecular weight excluding hydrogens is 240 g/mol. The first-order valence-corrected chi connectivity index (χ1v) is 5.28. The lowest BCUT2D eigenvalue weighted by Gasteiger charge is -2.06. The van der Waals surface area contributed by atoms with Gasteiger partial charge in [0.25, 0.3) is 0 Å². The maximum Gasteiger partial charge on any atom is 0.339 e. The van der Waals surface area contributed by atoms with Gasteiger partial charge < -0.3 is 10.2 Å². The predicted octanol–water partition coefficient (Wildman–Crippen LogP) is 3.41. The van der Waals surface area contributed by atoms with Gasteiger partial charge in [-0.15, -0.1) is 0 Å². The number of halogens is 1. The summed E-state index contributed by atoms with van der Waals surface area (Å²) in [6, 6.07) is 11.5. The van der Waals surface area contributed by atoms with Crippen molar-refractivity contribution in [3.63, 3.8) is 0 Å². The molecule has 3 nitrogen and oxygen atoms in total. The van der Waals surface area contributed by atoms with Crippen LogP contribution in [0, 0.1) is 0 Å². The SMILES string of the molecule is O=C(O)c1cc(-c2ccccc2Cl)ccc1O. The van der Waals surface area contributed by atoms with Gasteiger partial charge in [-0.05, 0) is 23.8 Å². The van der Waals surface area contributed by atoms with Crippen molar-refractivity contribution in [1.29, 1.82) is 0 Å². The first-order valence-electron chi connectivity index (χ1n) is 4.91. The van der Waals surface area contributed by atoms with Gasteiger partial charge in [0.1, 0.15) is 11.3 Å². The summed E-state index contributed by atoms with van der Waals surface area (Å²) < 4.78 is 0. The van der Waals surface area contributed by atoms with Gasteiger partial charge in [-0.2, -0.15) is 0 Å². The lowest BCUT2D eigenvalue weighted by Crippen LogP contribution is -1.97. The molecule has 0 heterocycles. The highest BCUT2D eigenvalue weighted by molar-refractivity contribution is 6.33. The topological polar surface area (TPSA) is 57.5 Å². The van der Waals surface area contributed by atoms with E-state index in [9.17, 15) is 9.90 Å². The van der Waals surface area contributed by atoms with Crippen LogP contribution in [-0.2, 0) is 0 Å². The Morgan fingerprint density at radius 1 is 1.12 bits per heavy atom. The largest absolute Gasteiger partial charge is 0.507 e. The number of aromatic carboxylic acids is 1. The number of benzene rings is 2. The van der Waals surface area contributed by atoms with Gasteiger partial charge in [-0.1, -0.05) is 35.9 Å². The molecule has 2 N–H and O–H groups in total. The molecule has 0 amide bonds. The van der Waals surface area contributed by atoms with Crippen LogP contribution in [0.3, 0.4) is 0 Å². The minimum absolute atomic E-state index is 0.137. The summed E-state index contributed by atoms with van der Waals surface area (Å²) >= 11 is 6.02. The monoisotopic (exact) mass is 248 g/mol. The second-order valence-corrected chi connectivity index (χ2v) is 3.92. The summed E-state index contributed by atoms with van der Waals surface area (Å²) in [7, 11) is 0. The Hall–Kier alpha value is -2.00. The van der Waals surface area contributed by atoms with E-state index in [-0.39, 0.29) is 11.3 Å². The van der Waals surface area contributed by atoms with E-state index < -0.39 is 5.97 Å². The molecule has 0 unspecified atom stereocenters. The van der Waals surface area contributed by atoms with Crippen LogP contribution in [0.5, 0.6) is 5.75 Å². The summed E-state index contributed by atoms with van der Waals surface area (Å²) in [5, 5.41) is 18.9. The molecule has 0 fully saturated rings. The Labute approximate surface area is 103 Å². The fourth-order valence-electron chi connectivity index (χ4n) is 1.57. The molecule has 0 saturated carbocycles. The lowest BCUT2D eigenvalue weighted by atomic mass is 10.0.